The summed E-state index contributed by atoms with van der Waals surface area (Å²) in [5.74, 6) is -0.503. The number of carbonyl (C=O) groups excluding carboxylic acids is 2. The fraction of sp³-hybridized carbons (Fsp3) is 0.556. The van der Waals surface area contributed by atoms with Gasteiger partial charge in [0.1, 0.15) is 11.9 Å². The van der Waals surface area contributed by atoms with E-state index in [-0.39, 0.29) is 48.1 Å². The van der Waals surface area contributed by atoms with Crippen LogP contribution >= 0.6 is 12.4 Å². The fourth-order valence-corrected chi connectivity index (χ4v) is 3.35. The topological polar surface area (TPSA) is 70.7 Å². The maximum atomic E-state index is 12.9. The van der Waals surface area contributed by atoms with Crippen LogP contribution in [0.5, 0.6) is 0 Å². The van der Waals surface area contributed by atoms with Crippen LogP contribution in [0.25, 0.3) is 0 Å². The van der Waals surface area contributed by atoms with Gasteiger partial charge in [-0.15, -0.1) is 12.4 Å². The number of piperidine rings is 1. The SMILES string of the molecule is C[C@H]1OCCN[C@@H]1C(=O)N1CCC(C(=O)Nc2ccc(F)cc2)CC1.Cl. The molecule has 2 heterocycles. The van der Waals surface area contributed by atoms with Gasteiger partial charge in [0.25, 0.3) is 0 Å². The number of benzene rings is 1. The maximum Gasteiger partial charge on any atom is 0.242 e. The van der Waals surface area contributed by atoms with Crippen LogP contribution < -0.4 is 10.6 Å². The number of nitrogens with one attached hydrogen (secondary N) is 2. The van der Waals surface area contributed by atoms with Crippen molar-refractivity contribution in [1.82, 2.24) is 10.2 Å². The standard InChI is InChI=1S/C18H24FN3O3.ClH/c1-12-16(20-8-11-25-12)18(24)22-9-6-13(7-10-22)17(23)21-15-4-2-14(19)3-5-15;/h2-5,12-13,16,20H,6-11H2,1H3,(H,21,23);1H/t12-,16+;/m1./s1. The molecule has 144 valence electrons. The van der Waals surface area contributed by atoms with Crippen molar-refractivity contribution in [2.75, 3.05) is 31.6 Å². The molecule has 0 radical (unpaired) electrons. The van der Waals surface area contributed by atoms with E-state index in [1.807, 2.05) is 11.8 Å². The van der Waals surface area contributed by atoms with Crippen LogP contribution in [-0.2, 0) is 14.3 Å². The smallest absolute Gasteiger partial charge is 0.242 e. The third-order valence-electron chi connectivity index (χ3n) is 4.87. The Morgan fingerprint density at radius 3 is 2.50 bits per heavy atom. The Kier molecular flexibility index (Phi) is 7.37. The van der Waals surface area contributed by atoms with Gasteiger partial charge in [-0.05, 0) is 44.0 Å². The molecule has 26 heavy (non-hydrogen) atoms. The summed E-state index contributed by atoms with van der Waals surface area (Å²) in [6.07, 6.45) is 1.11. The number of amides is 2. The van der Waals surface area contributed by atoms with Crippen molar-refractivity contribution >= 4 is 29.9 Å². The van der Waals surface area contributed by atoms with Crippen molar-refractivity contribution in [3.63, 3.8) is 0 Å². The zero-order valence-electron chi connectivity index (χ0n) is 14.7. The van der Waals surface area contributed by atoms with Gasteiger partial charge in [-0.1, -0.05) is 0 Å². The molecule has 6 nitrogen and oxygen atoms in total. The second-order valence-electron chi connectivity index (χ2n) is 6.60. The van der Waals surface area contributed by atoms with E-state index in [2.05, 4.69) is 10.6 Å². The van der Waals surface area contributed by atoms with Crippen molar-refractivity contribution in [2.45, 2.75) is 31.9 Å². The molecule has 0 aliphatic carbocycles. The van der Waals surface area contributed by atoms with Crippen LogP contribution in [0.1, 0.15) is 19.8 Å². The largest absolute Gasteiger partial charge is 0.375 e. The maximum absolute atomic E-state index is 12.9. The first-order valence-corrected chi connectivity index (χ1v) is 8.75. The lowest BCUT2D eigenvalue weighted by molar-refractivity contribution is -0.142. The Morgan fingerprint density at radius 2 is 1.88 bits per heavy atom. The number of rotatable bonds is 3. The van der Waals surface area contributed by atoms with Crippen LogP contribution in [0, 0.1) is 11.7 Å². The summed E-state index contributed by atoms with van der Waals surface area (Å²) in [4.78, 5) is 26.8. The van der Waals surface area contributed by atoms with E-state index < -0.39 is 0 Å². The molecule has 0 bridgehead atoms. The lowest BCUT2D eigenvalue weighted by atomic mass is 9.95. The zero-order chi connectivity index (χ0) is 17.8. The normalized spacial score (nSPS) is 23.8. The molecule has 8 heteroatoms. The second-order valence-corrected chi connectivity index (χ2v) is 6.60. The number of ether oxygens (including phenoxy) is 1. The van der Waals surface area contributed by atoms with Crippen LogP contribution in [0.15, 0.2) is 24.3 Å². The second kappa shape index (κ2) is 9.30. The summed E-state index contributed by atoms with van der Waals surface area (Å²) in [6, 6.07) is 5.41. The summed E-state index contributed by atoms with van der Waals surface area (Å²) < 4.78 is 18.4. The number of carbonyl (C=O) groups is 2. The van der Waals surface area contributed by atoms with E-state index in [1.54, 1.807) is 12.1 Å². The molecule has 2 aliphatic rings. The molecule has 2 fully saturated rings. The fourth-order valence-electron chi connectivity index (χ4n) is 3.35. The average molecular weight is 386 g/mol. The van der Waals surface area contributed by atoms with Crippen molar-refractivity contribution in [3.8, 4) is 0 Å². The molecule has 0 aromatic heterocycles. The van der Waals surface area contributed by atoms with Gasteiger partial charge in [0.05, 0.1) is 12.7 Å². The molecule has 2 saturated heterocycles. The van der Waals surface area contributed by atoms with E-state index >= 15 is 0 Å². The summed E-state index contributed by atoms with van der Waals surface area (Å²) in [5.41, 5.74) is 0.585. The van der Waals surface area contributed by atoms with Crippen molar-refractivity contribution in [3.05, 3.63) is 30.1 Å². The summed E-state index contributed by atoms with van der Waals surface area (Å²) >= 11 is 0. The Hall–Kier alpha value is -1.70. The van der Waals surface area contributed by atoms with Gasteiger partial charge in [-0.25, -0.2) is 4.39 Å². The monoisotopic (exact) mass is 385 g/mol. The Labute approximate surface area is 158 Å². The Morgan fingerprint density at radius 1 is 1.23 bits per heavy atom. The highest BCUT2D eigenvalue weighted by atomic mass is 35.5. The quantitative estimate of drug-likeness (QED) is 0.832. The molecule has 3 rings (SSSR count). The van der Waals surface area contributed by atoms with Gasteiger partial charge in [0.2, 0.25) is 11.8 Å². The molecular weight excluding hydrogens is 361 g/mol. The van der Waals surface area contributed by atoms with Crippen LogP contribution in [0.3, 0.4) is 0 Å². The highest BCUT2D eigenvalue weighted by Crippen LogP contribution is 2.21. The van der Waals surface area contributed by atoms with E-state index in [4.69, 9.17) is 4.74 Å². The number of morpholine rings is 1. The first kappa shape index (κ1) is 20.6. The molecule has 2 atom stereocenters. The molecule has 1 aromatic rings. The van der Waals surface area contributed by atoms with Crippen LogP contribution in [0.4, 0.5) is 10.1 Å². The summed E-state index contributed by atoms with van der Waals surface area (Å²) in [5, 5.41) is 6.02. The van der Waals surface area contributed by atoms with Crippen molar-refractivity contribution in [2.24, 2.45) is 5.92 Å². The number of nitrogens with zero attached hydrogens (tertiary/aromatic N) is 1. The molecule has 0 saturated carbocycles. The van der Waals surface area contributed by atoms with Crippen LogP contribution in [0.2, 0.25) is 0 Å². The van der Waals surface area contributed by atoms with Crippen LogP contribution in [-0.4, -0.2) is 55.1 Å². The van der Waals surface area contributed by atoms with E-state index in [1.165, 1.54) is 12.1 Å². The molecule has 2 N–H and O–H groups in total. The number of hydrogen-bond donors (Lipinski definition) is 2. The van der Waals surface area contributed by atoms with Gasteiger partial charge in [-0.3, -0.25) is 9.59 Å². The predicted molar refractivity (Wildman–Crippen MR) is 98.8 cm³/mol. The first-order chi connectivity index (χ1) is 12.0. The van der Waals surface area contributed by atoms with Gasteiger partial charge < -0.3 is 20.3 Å². The average Bonchev–Trinajstić information content (AvgIpc) is 2.63. The third-order valence-corrected chi connectivity index (χ3v) is 4.87. The summed E-state index contributed by atoms with van der Waals surface area (Å²) in [6.45, 7) is 4.32. The predicted octanol–water partition coefficient (Wildman–Crippen LogP) is 1.80. The van der Waals surface area contributed by atoms with Gasteiger partial charge >= 0.3 is 0 Å². The van der Waals surface area contributed by atoms with Gasteiger partial charge in [0.15, 0.2) is 0 Å². The van der Waals surface area contributed by atoms with Gasteiger partial charge in [0, 0.05) is 31.2 Å². The van der Waals surface area contributed by atoms with Gasteiger partial charge in [-0.2, -0.15) is 0 Å². The van der Waals surface area contributed by atoms with Crippen molar-refractivity contribution in [1.29, 1.82) is 0 Å². The van der Waals surface area contributed by atoms with E-state index in [9.17, 15) is 14.0 Å². The van der Waals surface area contributed by atoms with Crippen molar-refractivity contribution < 1.29 is 18.7 Å². The minimum Gasteiger partial charge on any atom is -0.375 e. The van der Waals surface area contributed by atoms with E-state index in [0.717, 1.165) is 0 Å². The number of hydrogen-bond acceptors (Lipinski definition) is 4. The molecule has 2 aliphatic heterocycles. The molecule has 0 spiro atoms. The van der Waals surface area contributed by atoms with E-state index in [0.29, 0.717) is 44.8 Å². The lowest BCUT2D eigenvalue weighted by Crippen LogP contribution is -2.57. The number of anilines is 1. The Bertz CT molecular complexity index is 621. The lowest BCUT2D eigenvalue weighted by Gasteiger charge is -2.37. The first-order valence-electron chi connectivity index (χ1n) is 8.75. The molecule has 2 amide bonds. The Balaban J connectivity index is 0.00000243. The summed E-state index contributed by atoms with van der Waals surface area (Å²) in [7, 11) is 0. The zero-order valence-corrected chi connectivity index (χ0v) is 15.6. The third kappa shape index (κ3) is 4.93. The highest BCUT2D eigenvalue weighted by Gasteiger charge is 2.34. The number of likely N-dealkylation sites (tertiary alicyclic amines) is 1. The molecular formula is C18H25ClFN3O3. The number of halogens is 2. The molecule has 0 unspecified atom stereocenters. The minimum atomic E-state index is -0.334. The minimum absolute atomic E-state index is 0. The highest BCUT2D eigenvalue weighted by molar-refractivity contribution is 5.92. The molecule has 1 aromatic carbocycles.